The molecule has 0 amide bonds. The van der Waals surface area contributed by atoms with Gasteiger partial charge in [-0.25, -0.2) is 8.42 Å². The third kappa shape index (κ3) is 4.69. The minimum absolute atomic E-state index is 0.168. The van der Waals surface area contributed by atoms with E-state index >= 15 is 0 Å². The number of alkyl halides is 3. The summed E-state index contributed by atoms with van der Waals surface area (Å²) in [6.07, 6.45) is -4.14. The van der Waals surface area contributed by atoms with Gasteiger partial charge in [0.15, 0.2) is 0 Å². The second-order valence-electron chi connectivity index (χ2n) is 6.51. The van der Waals surface area contributed by atoms with Crippen molar-refractivity contribution in [2.75, 3.05) is 26.2 Å². The standard InChI is InChI=1S/C19H21F3N2O2S/c20-19(21,22)17-9-4-5-10-18(17)27(25,26)24-12-6-11-23(13-14-24)15-16-7-2-1-3-8-16/h1-5,7-10H,6,11-15H2. The Labute approximate surface area is 157 Å². The van der Waals surface area contributed by atoms with Crippen LogP contribution in [0.4, 0.5) is 13.2 Å². The van der Waals surface area contributed by atoms with Crippen LogP contribution in [0.25, 0.3) is 0 Å². The Morgan fingerprint density at radius 2 is 1.52 bits per heavy atom. The first-order valence-electron chi connectivity index (χ1n) is 8.71. The van der Waals surface area contributed by atoms with Crippen molar-refractivity contribution < 1.29 is 21.6 Å². The van der Waals surface area contributed by atoms with E-state index in [1.807, 2.05) is 30.3 Å². The number of rotatable bonds is 4. The molecule has 1 fully saturated rings. The van der Waals surface area contributed by atoms with Gasteiger partial charge in [0.1, 0.15) is 0 Å². The van der Waals surface area contributed by atoms with Crippen LogP contribution in [0.2, 0.25) is 0 Å². The predicted molar refractivity (Wildman–Crippen MR) is 96.5 cm³/mol. The molecule has 0 unspecified atom stereocenters. The van der Waals surface area contributed by atoms with Crippen LogP contribution in [0.1, 0.15) is 17.5 Å². The Balaban J connectivity index is 1.77. The minimum atomic E-state index is -4.71. The summed E-state index contributed by atoms with van der Waals surface area (Å²) in [5.74, 6) is 0. The van der Waals surface area contributed by atoms with Crippen molar-refractivity contribution in [3.05, 3.63) is 65.7 Å². The Bertz CT molecular complexity index is 870. The number of nitrogens with zero attached hydrogens (tertiary/aromatic N) is 2. The van der Waals surface area contributed by atoms with Crippen LogP contribution in [0.3, 0.4) is 0 Å². The van der Waals surface area contributed by atoms with Crippen molar-refractivity contribution in [3.63, 3.8) is 0 Å². The van der Waals surface area contributed by atoms with Gasteiger partial charge in [0.25, 0.3) is 0 Å². The van der Waals surface area contributed by atoms with Crippen molar-refractivity contribution in [2.45, 2.75) is 24.0 Å². The molecule has 1 heterocycles. The Hall–Kier alpha value is -1.90. The van der Waals surface area contributed by atoms with Crippen molar-refractivity contribution >= 4 is 10.0 Å². The number of benzene rings is 2. The molecule has 0 saturated carbocycles. The van der Waals surface area contributed by atoms with E-state index in [2.05, 4.69) is 4.90 Å². The maximum Gasteiger partial charge on any atom is 0.417 e. The first-order valence-corrected chi connectivity index (χ1v) is 10.1. The van der Waals surface area contributed by atoms with Crippen LogP contribution in [0, 0.1) is 0 Å². The maximum atomic E-state index is 13.2. The first kappa shape index (κ1) is 19.9. The van der Waals surface area contributed by atoms with Crippen LogP contribution >= 0.6 is 0 Å². The SMILES string of the molecule is O=S(=O)(c1ccccc1C(F)(F)F)N1CCCN(Cc2ccccc2)CC1. The summed E-state index contributed by atoms with van der Waals surface area (Å²) in [7, 11) is -4.21. The molecule has 3 rings (SSSR count). The molecule has 0 spiro atoms. The summed E-state index contributed by atoms with van der Waals surface area (Å²) >= 11 is 0. The van der Waals surface area contributed by atoms with E-state index in [0.29, 0.717) is 26.1 Å². The lowest BCUT2D eigenvalue weighted by molar-refractivity contribution is -0.139. The largest absolute Gasteiger partial charge is 0.417 e. The number of hydrogen-bond acceptors (Lipinski definition) is 3. The predicted octanol–water partition coefficient (Wildman–Crippen LogP) is 3.60. The van der Waals surface area contributed by atoms with E-state index in [4.69, 9.17) is 0 Å². The van der Waals surface area contributed by atoms with E-state index in [1.165, 1.54) is 16.4 Å². The molecule has 0 atom stereocenters. The van der Waals surface area contributed by atoms with Gasteiger partial charge in [0.05, 0.1) is 10.5 Å². The third-order valence-electron chi connectivity index (χ3n) is 4.61. The maximum absolute atomic E-state index is 13.2. The summed E-state index contributed by atoms with van der Waals surface area (Å²) in [5, 5.41) is 0. The highest BCUT2D eigenvalue weighted by atomic mass is 32.2. The topological polar surface area (TPSA) is 40.6 Å². The number of hydrogen-bond donors (Lipinski definition) is 0. The van der Waals surface area contributed by atoms with Crippen molar-refractivity contribution in [3.8, 4) is 0 Å². The van der Waals surface area contributed by atoms with E-state index in [0.717, 1.165) is 17.7 Å². The average molecular weight is 398 g/mol. The molecule has 0 bridgehead atoms. The molecule has 2 aromatic carbocycles. The second kappa shape index (κ2) is 8.00. The average Bonchev–Trinajstić information content (AvgIpc) is 2.88. The molecule has 2 aromatic rings. The van der Waals surface area contributed by atoms with Gasteiger partial charge >= 0.3 is 6.18 Å². The molecular weight excluding hydrogens is 377 g/mol. The van der Waals surface area contributed by atoms with Gasteiger partial charge in [0.2, 0.25) is 10.0 Å². The van der Waals surface area contributed by atoms with Gasteiger partial charge < -0.3 is 0 Å². The van der Waals surface area contributed by atoms with E-state index in [-0.39, 0.29) is 13.1 Å². The molecule has 1 aliphatic heterocycles. The van der Waals surface area contributed by atoms with Crippen molar-refractivity contribution in [2.24, 2.45) is 0 Å². The van der Waals surface area contributed by atoms with Gasteiger partial charge in [-0.05, 0) is 30.7 Å². The van der Waals surface area contributed by atoms with E-state index < -0.39 is 26.7 Å². The molecule has 1 aliphatic rings. The molecule has 8 heteroatoms. The van der Waals surface area contributed by atoms with Gasteiger partial charge in [-0.15, -0.1) is 0 Å². The lowest BCUT2D eigenvalue weighted by atomic mass is 10.2. The van der Waals surface area contributed by atoms with Gasteiger partial charge in [-0.3, -0.25) is 4.90 Å². The van der Waals surface area contributed by atoms with Crippen LogP contribution in [0.15, 0.2) is 59.5 Å². The van der Waals surface area contributed by atoms with Crippen LogP contribution in [-0.2, 0) is 22.7 Å². The molecule has 0 radical (unpaired) electrons. The fourth-order valence-corrected chi connectivity index (χ4v) is 4.93. The fourth-order valence-electron chi connectivity index (χ4n) is 3.25. The highest BCUT2D eigenvalue weighted by molar-refractivity contribution is 7.89. The Morgan fingerprint density at radius 1 is 0.852 bits per heavy atom. The van der Waals surface area contributed by atoms with Crippen LogP contribution < -0.4 is 0 Å². The summed E-state index contributed by atoms with van der Waals surface area (Å²) in [5.41, 5.74) is 0.00612. The normalized spacial score (nSPS) is 17.6. The molecule has 0 aromatic heterocycles. The quantitative estimate of drug-likeness (QED) is 0.790. The zero-order valence-corrected chi connectivity index (χ0v) is 15.5. The molecule has 0 aliphatic carbocycles. The lowest BCUT2D eigenvalue weighted by Crippen LogP contribution is -2.36. The van der Waals surface area contributed by atoms with Crippen molar-refractivity contribution in [1.82, 2.24) is 9.21 Å². The zero-order chi connectivity index (χ0) is 19.5. The second-order valence-corrected chi connectivity index (χ2v) is 8.42. The molecule has 4 nitrogen and oxygen atoms in total. The first-order chi connectivity index (χ1) is 12.8. The summed E-state index contributed by atoms with van der Waals surface area (Å²) in [6, 6.07) is 14.2. The summed E-state index contributed by atoms with van der Waals surface area (Å²) in [4.78, 5) is 1.45. The summed E-state index contributed by atoms with van der Waals surface area (Å²) in [6.45, 7) is 2.24. The van der Waals surface area contributed by atoms with Gasteiger partial charge in [-0.1, -0.05) is 42.5 Å². The minimum Gasteiger partial charge on any atom is -0.298 e. The van der Waals surface area contributed by atoms with Crippen LogP contribution in [0.5, 0.6) is 0 Å². The number of sulfonamides is 1. The molecule has 27 heavy (non-hydrogen) atoms. The van der Waals surface area contributed by atoms with E-state index in [1.54, 1.807) is 0 Å². The van der Waals surface area contributed by atoms with Gasteiger partial charge in [0, 0.05) is 26.2 Å². The molecule has 146 valence electrons. The number of halogens is 3. The van der Waals surface area contributed by atoms with E-state index in [9.17, 15) is 21.6 Å². The van der Waals surface area contributed by atoms with Gasteiger partial charge in [-0.2, -0.15) is 17.5 Å². The summed E-state index contributed by atoms with van der Waals surface area (Å²) < 4.78 is 66.6. The highest BCUT2D eigenvalue weighted by Crippen LogP contribution is 2.35. The molecular formula is C19H21F3N2O2S. The molecule has 0 N–H and O–H groups in total. The molecule has 1 saturated heterocycles. The third-order valence-corrected chi connectivity index (χ3v) is 6.56. The smallest absolute Gasteiger partial charge is 0.298 e. The van der Waals surface area contributed by atoms with Crippen LogP contribution in [-0.4, -0.2) is 43.8 Å². The Kier molecular flexibility index (Phi) is 5.88. The Morgan fingerprint density at radius 3 is 2.22 bits per heavy atom. The highest BCUT2D eigenvalue weighted by Gasteiger charge is 2.39. The zero-order valence-electron chi connectivity index (χ0n) is 14.7. The van der Waals surface area contributed by atoms with Crippen molar-refractivity contribution in [1.29, 1.82) is 0 Å². The lowest BCUT2D eigenvalue weighted by Gasteiger charge is -2.23. The fraction of sp³-hybridized carbons (Fsp3) is 0.368. The monoisotopic (exact) mass is 398 g/mol.